The standard InChI is InChI=1S/C12H3Cl14/c13-7(14,9(17,18)11(21,22)23)5-2-1-3-6(4-5)8(15,16)10(19,20)12(24,25)26/h1-3H. The summed E-state index contributed by atoms with van der Waals surface area (Å²) in [6.45, 7) is 0. The summed E-state index contributed by atoms with van der Waals surface area (Å²) in [4.78, 5) is 0. The first-order chi connectivity index (χ1) is 11.2. The van der Waals surface area contributed by atoms with E-state index in [9.17, 15) is 0 Å². The first kappa shape index (κ1) is 27.3. The molecule has 1 radical (unpaired) electrons. The van der Waals surface area contributed by atoms with Crippen molar-refractivity contribution in [2.24, 2.45) is 0 Å². The van der Waals surface area contributed by atoms with E-state index in [0.29, 0.717) is 0 Å². The summed E-state index contributed by atoms with van der Waals surface area (Å²) in [6.07, 6.45) is 0. The Bertz CT molecular complexity index is 597. The third-order valence-corrected chi connectivity index (χ3v) is 10.8. The van der Waals surface area contributed by atoms with E-state index in [1.165, 1.54) is 18.2 Å². The molecule has 0 nitrogen and oxygen atoms in total. The average Bonchev–Trinajstić information content (AvgIpc) is 2.44. The molecule has 0 aromatic heterocycles. The monoisotopic (exact) mass is 637 g/mol. The lowest BCUT2D eigenvalue weighted by atomic mass is 10.0. The van der Waals surface area contributed by atoms with E-state index in [0.717, 1.165) is 0 Å². The molecule has 0 aliphatic rings. The van der Waals surface area contributed by atoms with Crippen LogP contribution in [0, 0.1) is 6.07 Å². The van der Waals surface area contributed by atoms with E-state index in [2.05, 4.69) is 6.07 Å². The Labute approximate surface area is 220 Å². The number of rotatable bonds is 4. The molecular formula is C12H3Cl14. The first-order valence-corrected chi connectivity index (χ1v) is 11.2. The SMILES string of the molecule is ClC(Cl)(Cl)C(Cl)(Cl)C(Cl)(Cl)c1[c]c(C(Cl)(Cl)C(Cl)(Cl)C(Cl)(Cl)Cl)ccc1. The number of hydrogen-bond acceptors (Lipinski definition) is 0. The maximum Gasteiger partial charge on any atom is 0.226 e. The normalized spacial score (nSPS) is 15.3. The van der Waals surface area contributed by atoms with Crippen molar-refractivity contribution in [1.29, 1.82) is 0 Å². The van der Waals surface area contributed by atoms with Crippen LogP contribution in [-0.2, 0) is 8.67 Å². The molecular weight excluding hydrogens is 640 g/mol. The van der Waals surface area contributed by atoms with Crippen molar-refractivity contribution in [3.63, 3.8) is 0 Å². The second-order valence-electron chi connectivity index (χ2n) is 4.77. The number of alkyl halides is 14. The summed E-state index contributed by atoms with van der Waals surface area (Å²) < 4.78 is -13.6. The molecule has 1 aromatic carbocycles. The molecule has 0 N–H and O–H groups in total. The summed E-state index contributed by atoms with van der Waals surface area (Å²) in [5.41, 5.74) is -0.150. The zero-order valence-corrected chi connectivity index (χ0v) is 22.1. The molecule has 0 bridgehead atoms. The van der Waals surface area contributed by atoms with Gasteiger partial charge >= 0.3 is 0 Å². The molecule has 1 aromatic rings. The van der Waals surface area contributed by atoms with E-state index < -0.39 is 24.9 Å². The van der Waals surface area contributed by atoms with Gasteiger partial charge in [-0.05, 0) is 17.2 Å². The summed E-state index contributed by atoms with van der Waals surface area (Å²) in [7, 11) is 0. The summed E-state index contributed by atoms with van der Waals surface area (Å²) in [5.74, 6) is 0. The van der Waals surface area contributed by atoms with Crippen molar-refractivity contribution in [2.75, 3.05) is 0 Å². The second-order valence-corrected chi connectivity index (χ2v) is 14.6. The fraction of sp³-hybridized carbons (Fsp3) is 0.500. The van der Waals surface area contributed by atoms with E-state index >= 15 is 0 Å². The smallest absolute Gasteiger partial charge is 0.0930 e. The van der Waals surface area contributed by atoms with Crippen molar-refractivity contribution in [2.45, 2.75) is 24.9 Å². The Morgan fingerprint density at radius 1 is 0.500 bits per heavy atom. The van der Waals surface area contributed by atoms with Gasteiger partial charge in [-0.2, -0.15) is 0 Å². The third-order valence-electron chi connectivity index (χ3n) is 2.97. The van der Waals surface area contributed by atoms with Gasteiger partial charge in [0, 0.05) is 0 Å². The number of hydrogen-bond donors (Lipinski definition) is 0. The lowest BCUT2D eigenvalue weighted by Gasteiger charge is -2.39. The molecule has 149 valence electrons. The van der Waals surface area contributed by atoms with Gasteiger partial charge in [0.05, 0.1) is 0 Å². The third kappa shape index (κ3) is 5.02. The minimum absolute atomic E-state index is 0.0752. The van der Waals surface area contributed by atoms with E-state index in [-0.39, 0.29) is 11.1 Å². The van der Waals surface area contributed by atoms with Gasteiger partial charge in [-0.15, -0.1) is 0 Å². The molecule has 0 spiro atoms. The molecule has 0 heterocycles. The summed E-state index contributed by atoms with van der Waals surface area (Å²) in [5, 5.41) is 0. The van der Waals surface area contributed by atoms with Gasteiger partial charge in [0.25, 0.3) is 0 Å². The van der Waals surface area contributed by atoms with E-state index in [4.69, 9.17) is 162 Å². The Morgan fingerprint density at radius 3 is 1.00 bits per heavy atom. The van der Waals surface area contributed by atoms with Crippen LogP contribution in [0.3, 0.4) is 0 Å². The minimum atomic E-state index is -2.32. The van der Waals surface area contributed by atoms with Crippen LogP contribution in [0.2, 0.25) is 0 Å². The van der Waals surface area contributed by atoms with Crippen molar-refractivity contribution >= 4 is 162 Å². The highest BCUT2D eigenvalue weighted by atomic mass is 35.6. The molecule has 0 aliphatic heterocycles. The quantitative estimate of drug-likeness (QED) is 0.287. The molecule has 14 heteroatoms. The second kappa shape index (κ2) is 8.67. The van der Waals surface area contributed by atoms with Crippen molar-refractivity contribution in [3.8, 4) is 0 Å². The van der Waals surface area contributed by atoms with Gasteiger partial charge in [0.1, 0.15) is 0 Å². The lowest BCUT2D eigenvalue weighted by Crippen LogP contribution is -2.46. The predicted molar refractivity (Wildman–Crippen MR) is 121 cm³/mol. The number of benzene rings is 1. The molecule has 26 heavy (non-hydrogen) atoms. The van der Waals surface area contributed by atoms with E-state index in [1.807, 2.05) is 0 Å². The molecule has 0 amide bonds. The molecule has 0 saturated carbocycles. The number of halogens is 14. The van der Waals surface area contributed by atoms with Crippen LogP contribution in [0.15, 0.2) is 18.2 Å². The Balaban J connectivity index is 3.54. The van der Waals surface area contributed by atoms with Crippen LogP contribution in [0.4, 0.5) is 0 Å². The Morgan fingerprint density at radius 2 is 0.769 bits per heavy atom. The van der Waals surface area contributed by atoms with Crippen LogP contribution >= 0.6 is 162 Å². The Kier molecular flexibility index (Phi) is 9.10. The fourth-order valence-corrected chi connectivity index (χ4v) is 4.38. The molecule has 0 fully saturated rings. The zero-order valence-electron chi connectivity index (χ0n) is 11.5. The maximum atomic E-state index is 6.25. The van der Waals surface area contributed by atoms with Gasteiger partial charge in [0.15, 0.2) is 8.67 Å². The topological polar surface area (TPSA) is 0 Å². The van der Waals surface area contributed by atoms with Gasteiger partial charge in [0.2, 0.25) is 16.3 Å². The van der Waals surface area contributed by atoms with Crippen molar-refractivity contribution in [1.82, 2.24) is 0 Å². The lowest BCUT2D eigenvalue weighted by molar-refractivity contribution is 0.679. The molecule has 1 rings (SSSR count). The van der Waals surface area contributed by atoms with Gasteiger partial charge in [-0.3, -0.25) is 0 Å². The fourth-order valence-electron chi connectivity index (χ4n) is 1.53. The highest BCUT2D eigenvalue weighted by molar-refractivity contribution is 6.79. The van der Waals surface area contributed by atoms with Gasteiger partial charge in [-0.25, -0.2) is 0 Å². The highest BCUT2D eigenvalue weighted by Gasteiger charge is 2.63. The van der Waals surface area contributed by atoms with Crippen molar-refractivity contribution < 1.29 is 0 Å². The molecule has 0 aliphatic carbocycles. The van der Waals surface area contributed by atoms with Gasteiger partial charge < -0.3 is 0 Å². The molecule has 0 unspecified atom stereocenters. The Hall–Kier alpha value is 3.28. The van der Waals surface area contributed by atoms with Crippen LogP contribution in [0.1, 0.15) is 11.1 Å². The van der Waals surface area contributed by atoms with E-state index in [1.54, 1.807) is 0 Å². The van der Waals surface area contributed by atoms with Crippen LogP contribution in [0.25, 0.3) is 0 Å². The summed E-state index contributed by atoms with van der Waals surface area (Å²) in [6, 6.07) is 6.80. The highest BCUT2D eigenvalue weighted by Crippen LogP contribution is 2.63. The molecule has 0 saturated heterocycles. The summed E-state index contributed by atoms with van der Waals surface area (Å²) >= 11 is 83.8. The average molecular weight is 643 g/mol. The molecule has 0 atom stereocenters. The zero-order chi connectivity index (χ0) is 21.0. The van der Waals surface area contributed by atoms with Crippen LogP contribution in [-0.4, -0.2) is 16.3 Å². The predicted octanol–water partition coefficient (Wildman–Crippen LogP) is 9.84. The minimum Gasteiger partial charge on any atom is -0.0930 e. The van der Waals surface area contributed by atoms with Gasteiger partial charge in [-0.1, -0.05) is 181 Å². The van der Waals surface area contributed by atoms with Crippen molar-refractivity contribution in [3.05, 3.63) is 35.4 Å². The van der Waals surface area contributed by atoms with Crippen LogP contribution in [0.5, 0.6) is 0 Å². The van der Waals surface area contributed by atoms with Crippen LogP contribution < -0.4 is 0 Å². The first-order valence-electron chi connectivity index (χ1n) is 5.89. The largest absolute Gasteiger partial charge is 0.226 e. The maximum absolute atomic E-state index is 6.25.